The van der Waals surface area contributed by atoms with Crippen molar-refractivity contribution < 1.29 is 9.84 Å². The number of aliphatic hydroxyl groups excluding tert-OH is 1. The van der Waals surface area contributed by atoms with Crippen LogP contribution in [0.25, 0.3) is 0 Å². The average molecular weight is 599 g/mol. The molecule has 0 aromatic carbocycles. The van der Waals surface area contributed by atoms with E-state index in [1.807, 2.05) is 49.3 Å². The highest BCUT2D eigenvalue weighted by atomic mass is 33.1. The summed E-state index contributed by atoms with van der Waals surface area (Å²) in [5, 5.41) is 9.26. The summed E-state index contributed by atoms with van der Waals surface area (Å²) in [5.74, 6) is 6.09. The van der Waals surface area contributed by atoms with Crippen molar-refractivity contribution in [3.05, 3.63) is 0 Å². The maximum Gasteiger partial charge on any atom is 0.0578 e. The van der Waals surface area contributed by atoms with E-state index in [1.54, 1.807) is 0 Å². The molecule has 0 amide bonds. The van der Waals surface area contributed by atoms with Gasteiger partial charge in [-0.3, -0.25) is 0 Å². The van der Waals surface area contributed by atoms with E-state index in [4.69, 9.17) is 4.74 Å². The molecule has 4 saturated carbocycles. The van der Waals surface area contributed by atoms with Gasteiger partial charge in [0, 0.05) is 19.0 Å². The predicted molar refractivity (Wildman–Crippen MR) is 182 cm³/mol. The third-order valence-corrected chi connectivity index (χ3v) is 13.8. The van der Waals surface area contributed by atoms with Gasteiger partial charge in [0.2, 0.25) is 0 Å². The van der Waals surface area contributed by atoms with Gasteiger partial charge in [0.25, 0.3) is 0 Å². The second-order valence-corrected chi connectivity index (χ2v) is 16.3. The minimum absolute atomic E-state index is 0.375. The first-order valence-electron chi connectivity index (χ1n) is 17.9. The van der Waals surface area contributed by atoms with Crippen molar-refractivity contribution in [3.63, 3.8) is 0 Å². The van der Waals surface area contributed by atoms with Crippen LogP contribution in [0.3, 0.4) is 0 Å². The molecule has 4 aliphatic rings. The molecule has 4 aliphatic carbocycles. The summed E-state index contributed by atoms with van der Waals surface area (Å²) in [4.78, 5) is 0. The van der Waals surface area contributed by atoms with E-state index in [2.05, 4.69) is 20.1 Å². The summed E-state index contributed by atoms with van der Waals surface area (Å²) in [5.41, 5.74) is 1.17. The van der Waals surface area contributed by atoms with Gasteiger partial charge in [0.05, 0.1) is 6.10 Å². The third kappa shape index (κ3) is 9.56. The van der Waals surface area contributed by atoms with Crippen LogP contribution in [-0.4, -0.2) is 36.4 Å². The van der Waals surface area contributed by atoms with E-state index < -0.39 is 0 Å². The standard InChI is InChI=1S/C32H58O2S2.2C2H6/c1-31-20-18-30-28(29(31)16-14-25(31)12-8-9-21-33)15-13-26-24-27(17-19-32(26,30)2)34-22-10-6-4-5-7-11-23-36-35-3;2*1-2/h25-30,33H,4-24H2,1-3H3;2*1-2H3. The van der Waals surface area contributed by atoms with Crippen molar-refractivity contribution in [2.45, 2.75) is 163 Å². The lowest BCUT2D eigenvalue weighted by Crippen LogP contribution is -2.54. The van der Waals surface area contributed by atoms with E-state index in [0.29, 0.717) is 23.5 Å². The molecule has 0 aliphatic heterocycles. The molecule has 0 aromatic heterocycles. The lowest BCUT2D eigenvalue weighted by Gasteiger charge is -2.61. The molecule has 238 valence electrons. The molecule has 0 heterocycles. The van der Waals surface area contributed by atoms with Gasteiger partial charge in [-0.05, 0) is 130 Å². The van der Waals surface area contributed by atoms with Gasteiger partial charge in [-0.25, -0.2) is 0 Å². The molecule has 0 saturated heterocycles. The Balaban J connectivity index is 0.00000134. The topological polar surface area (TPSA) is 29.5 Å². The van der Waals surface area contributed by atoms with Gasteiger partial charge in [0.1, 0.15) is 0 Å². The van der Waals surface area contributed by atoms with E-state index >= 15 is 0 Å². The molecule has 4 fully saturated rings. The van der Waals surface area contributed by atoms with E-state index in [-0.39, 0.29) is 0 Å². The molecule has 8 unspecified atom stereocenters. The van der Waals surface area contributed by atoms with Gasteiger partial charge in [-0.15, -0.1) is 0 Å². The first-order chi connectivity index (χ1) is 19.5. The van der Waals surface area contributed by atoms with Crippen LogP contribution < -0.4 is 0 Å². The Morgan fingerprint density at radius 2 is 1.40 bits per heavy atom. The fraction of sp³-hybridized carbons (Fsp3) is 1.00. The highest BCUT2D eigenvalue weighted by Crippen LogP contribution is 2.68. The van der Waals surface area contributed by atoms with Crippen molar-refractivity contribution in [2.75, 3.05) is 25.2 Å². The largest absolute Gasteiger partial charge is 0.396 e. The van der Waals surface area contributed by atoms with Gasteiger partial charge in [0.15, 0.2) is 0 Å². The van der Waals surface area contributed by atoms with Crippen LogP contribution in [0.5, 0.6) is 0 Å². The first-order valence-corrected chi connectivity index (χ1v) is 20.6. The SMILES string of the molecule is CC.CC.CSSCCCCCCCCOC1CCC2(C)C(CCC3C4CCC(CCCCO)C4(C)CCC32)C1. The molecule has 0 bridgehead atoms. The zero-order chi connectivity index (χ0) is 29.4. The molecule has 0 aromatic rings. The summed E-state index contributed by atoms with van der Waals surface area (Å²) in [6.07, 6.45) is 27.5. The number of hydrogen-bond acceptors (Lipinski definition) is 4. The fourth-order valence-corrected chi connectivity index (χ4v) is 11.1. The Kier molecular flexibility index (Phi) is 18.2. The lowest BCUT2D eigenvalue weighted by molar-refractivity contribution is -0.135. The van der Waals surface area contributed by atoms with Gasteiger partial charge in [-0.2, -0.15) is 0 Å². The Morgan fingerprint density at radius 3 is 2.12 bits per heavy atom. The highest BCUT2D eigenvalue weighted by molar-refractivity contribution is 8.76. The van der Waals surface area contributed by atoms with Crippen LogP contribution in [0.4, 0.5) is 0 Å². The molecule has 40 heavy (non-hydrogen) atoms. The summed E-state index contributed by atoms with van der Waals surface area (Å²) in [7, 11) is 3.91. The monoisotopic (exact) mass is 598 g/mol. The summed E-state index contributed by atoms with van der Waals surface area (Å²) < 4.78 is 6.49. The second-order valence-electron chi connectivity index (χ2n) is 13.6. The van der Waals surface area contributed by atoms with E-state index in [9.17, 15) is 5.11 Å². The molecule has 4 rings (SSSR count). The first kappa shape index (κ1) is 36.8. The maximum absolute atomic E-state index is 9.26. The molecule has 0 radical (unpaired) electrons. The summed E-state index contributed by atoms with van der Waals surface area (Å²) >= 11 is 0. The molecule has 8 atom stereocenters. The number of aliphatic hydroxyl groups is 1. The third-order valence-electron chi connectivity index (χ3n) is 11.9. The Hall–Kier alpha value is 0.620. The summed E-state index contributed by atoms with van der Waals surface area (Å²) in [6, 6.07) is 0. The average Bonchev–Trinajstić information content (AvgIpc) is 3.32. The van der Waals surface area contributed by atoms with Crippen LogP contribution in [0.2, 0.25) is 0 Å². The number of unbranched alkanes of at least 4 members (excludes halogenated alkanes) is 6. The Bertz CT molecular complexity index is 644. The van der Waals surface area contributed by atoms with E-state index in [0.717, 1.165) is 42.6 Å². The fourth-order valence-electron chi connectivity index (χ4n) is 9.76. The number of rotatable bonds is 15. The second kappa shape index (κ2) is 19.8. The molecule has 2 nitrogen and oxygen atoms in total. The van der Waals surface area contributed by atoms with Crippen LogP contribution in [0.15, 0.2) is 0 Å². The van der Waals surface area contributed by atoms with Crippen molar-refractivity contribution in [1.29, 1.82) is 0 Å². The van der Waals surface area contributed by atoms with Crippen molar-refractivity contribution in [2.24, 2.45) is 40.4 Å². The number of hydrogen-bond donors (Lipinski definition) is 1. The number of fused-ring (bicyclic) bond motifs is 5. The van der Waals surface area contributed by atoms with Gasteiger partial charge >= 0.3 is 0 Å². The number of ether oxygens (including phenoxy) is 1. The van der Waals surface area contributed by atoms with Gasteiger partial charge < -0.3 is 9.84 Å². The molecule has 1 N–H and O–H groups in total. The quantitative estimate of drug-likeness (QED) is 0.150. The highest BCUT2D eigenvalue weighted by Gasteiger charge is 2.59. The Labute approximate surface area is 259 Å². The zero-order valence-corrected chi connectivity index (χ0v) is 29.6. The predicted octanol–water partition coefficient (Wildman–Crippen LogP) is 11.6. The normalized spacial score (nSPS) is 36.3. The van der Waals surface area contributed by atoms with Crippen LogP contribution in [0.1, 0.15) is 157 Å². The molecular formula is C36H70O2S2. The molecule has 4 heteroatoms. The summed E-state index contributed by atoms with van der Waals surface area (Å²) in [6.45, 7) is 14.8. The lowest BCUT2D eigenvalue weighted by atomic mass is 9.44. The Morgan fingerprint density at radius 1 is 0.725 bits per heavy atom. The van der Waals surface area contributed by atoms with Crippen LogP contribution >= 0.6 is 21.6 Å². The van der Waals surface area contributed by atoms with Crippen LogP contribution in [-0.2, 0) is 4.74 Å². The van der Waals surface area contributed by atoms with Crippen molar-refractivity contribution in [3.8, 4) is 0 Å². The molecular weight excluding hydrogens is 529 g/mol. The minimum atomic E-state index is 0.375. The van der Waals surface area contributed by atoms with E-state index in [1.165, 1.54) is 115 Å². The van der Waals surface area contributed by atoms with Crippen LogP contribution in [0, 0.1) is 40.4 Å². The molecule has 0 spiro atoms. The zero-order valence-electron chi connectivity index (χ0n) is 28.0. The van der Waals surface area contributed by atoms with Crippen molar-refractivity contribution in [1.82, 2.24) is 0 Å². The smallest absolute Gasteiger partial charge is 0.0578 e. The van der Waals surface area contributed by atoms with Crippen molar-refractivity contribution >= 4 is 21.6 Å². The maximum atomic E-state index is 9.26. The van der Waals surface area contributed by atoms with Gasteiger partial charge in [-0.1, -0.05) is 95.2 Å². The minimum Gasteiger partial charge on any atom is -0.396 e.